The Kier molecular flexibility index (Phi) is 5.37. The van der Waals surface area contributed by atoms with E-state index in [0.29, 0.717) is 13.0 Å². The molecule has 0 saturated heterocycles. The van der Waals surface area contributed by atoms with Gasteiger partial charge in [-0.3, -0.25) is 0 Å². The highest BCUT2D eigenvalue weighted by molar-refractivity contribution is 5.27. The minimum Gasteiger partial charge on any atom is -0.494 e. The average molecular weight is 285 g/mol. The second-order valence-corrected chi connectivity index (χ2v) is 5.28. The lowest BCUT2D eigenvalue weighted by Crippen LogP contribution is -2.41. The molecule has 21 heavy (non-hydrogen) atoms. The summed E-state index contributed by atoms with van der Waals surface area (Å²) >= 11 is 0. The van der Waals surface area contributed by atoms with E-state index in [0.717, 1.165) is 17.7 Å². The molecule has 0 bridgehead atoms. The lowest BCUT2D eigenvalue weighted by Gasteiger charge is -2.27. The third-order valence-electron chi connectivity index (χ3n) is 3.78. The van der Waals surface area contributed by atoms with Gasteiger partial charge < -0.3 is 15.6 Å². The molecule has 0 aliphatic carbocycles. The van der Waals surface area contributed by atoms with Gasteiger partial charge in [0.15, 0.2) is 0 Å². The third-order valence-corrected chi connectivity index (χ3v) is 3.78. The molecule has 3 nitrogen and oxygen atoms in total. The Labute approximate surface area is 126 Å². The van der Waals surface area contributed by atoms with Crippen LogP contribution in [0.3, 0.4) is 0 Å². The van der Waals surface area contributed by atoms with Crippen LogP contribution in [0.4, 0.5) is 0 Å². The molecule has 0 heterocycles. The first-order chi connectivity index (χ1) is 10.2. The van der Waals surface area contributed by atoms with Crippen LogP contribution in [-0.2, 0) is 12.0 Å². The zero-order chi connectivity index (χ0) is 15.1. The van der Waals surface area contributed by atoms with Gasteiger partial charge in [-0.25, -0.2) is 0 Å². The lowest BCUT2D eigenvalue weighted by molar-refractivity contribution is 0.162. The largest absolute Gasteiger partial charge is 0.494 e. The number of nitrogens with two attached hydrogens (primary N) is 1. The number of aliphatic hydroxyl groups excluding tert-OH is 1. The summed E-state index contributed by atoms with van der Waals surface area (Å²) in [6.07, 6.45) is 1.58. The summed E-state index contributed by atoms with van der Waals surface area (Å²) in [4.78, 5) is 0. The van der Waals surface area contributed by atoms with Gasteiger partial charge in [0.2, 0.25) is 0 Å². The van der Waals surface area contributed by atoms with Crippen LogP contribution in [0.25, 0.3) is 0 Å². The Balaban J connectivity index is 1.94. The van der Waals surface area contributed by atoms with Gasteiger partial charge in [-0.15, -0.1) is 0 Å². The maximum Gasteiger partial charge on any atom is 0.119 e. The fourth-order valence-electron chi connectivity index (χ4n) is 2.26. The molecule has 3 N–H and O–H groups in total. The molecule has 2 rings (SSSR count). The van der Waals surface area contributed by atoms with Gasteiger partial charge in [-0.05, 0) is 29.7 Å². The SMILES string of the molecule is CCc1ccc(OCCC(N)(CO)c2ccccc2)cc1. The zero-order valence-electron chi connectivity index (χ0n) is 12.5. The summed E-state index contributed by atoms with van der Waals surface area (Å²) in [5.74, 6) is 0.834. The Morgan fingerprint density at radius 2 is 1.71 bits per heavy atom. The molecule has 0 saturated carbocycles. The van der Waals surface area contributed by atoms with E-state index in [4.69, 9.17) is 10.5 Å². The number of rotatable bonds is 7. The van der Waals surface area contributed by atoms with Crippen molar-refractivity contribution in [2.75, 3.05) is 13.2 Å². The van der Waals surface area contributed by atoms with E-state index in [9.17, 15) is 5.11 Å². The summed E-state index contributed by atoms with van der Waals surface area (Å²) in [5.41, 5.74) is 7.75. The lowest BCUT2D eigenvalue weighted by atomic mass is 9.89. The molecule has 2 aromatic rings. The van der Waals surface area contributed by atoms with E-state index < -0.39 is 5.54 Å². The van der Waals surface area contributed by atoms with Gasteiger partial charge in [0, 0.05) is 6.42 Å². The summed E-state index contributed by atoms with van der Waals surface area (Å²) in [6.45, 7) is 2.49. The Morgan fingerprint density at radius 1 is 1.05 bits per heavy atom. The maximum atomic E-state index is 9.62. The van der Waals surface area contributed by atoms with Gasteiger partial charge in [-0.2, -0.15) is 0 Å². The van der Waals surface area contributed by atoms with Crippen LogP contribution in [0.5, 0.6) is 5.75 Å². The van der Waals surface area contributed by atoms with Gasteiger partial charge >= 0.3 is 0 Å². The number of hydrogen-bond donors (Lipinski definition) is 2. The van der Waals surface area contributed by atoms with Crippen molar-refractivity contribution in [3.05, 3.63) is 65.7 Å². The molecule has 0 spiro atoms. The monoisotopic (exact) mass is 285 g/mol. The van der Waals surface area contributed by atoms with E-state index in [2.05, 4.69) is 19.1 Å². The summed E-state index contributed by atoms with van der Waals surface area (Å²) in [5, 5.41) is 9.62. The van der Waals surface area contributed by atoms with E-state index in [1.807, 2.05) is 42.5 Å². The fraction of sp³-hybridized carbons (Fsp3) is 0.333. The smallest absolute Gasteiger partial charge is 0.119 e. The van der Waals surface area contributed by atoms with Crippen molar-refractivity contribution in [1.82, 2.24) is 0 Å². The van der Waals surface area contributed by atoms with E-state index in [1.165, 1.54) is 5.56 Å². The normalized spacial score (nSPS) is 13.7. The quantitative estimate of drug-likeness (QED) is 0.822. The molecule has 1 atom stereocenters. The maximum absolute atomic E-state index is 9.62. The van der Waals surface area contributed by atoms with Gasteiger partial charge in [0.25, 0.3) is 0 Å². The molecular weight excluding hydrogens is 262 g/mol. The first kappa shape index (κ1) is 15.5. The highest BCUT2D eigenvalue weighted by Gasteiger charge is 2.26. The molecule has 0 aliphatic rings. The number of hydrogen-bond acceptors (Lipinski definition) is 3. The number of benzene rings is 2. The minimum atomic E-state index is -0.759. The van der Waals surface area contributed by atoms with Crippen molar-refractivity contribution in [3.8, 4) is 5.75 Å². The van der Waals surface area contributed by atoms with Gasteiger partial charge in [0.1, 0.15) is 5.75 Å². The van der Waals surface area contributed by atoms with Crippen LogP contribution in [0, 0.1) is 0 Å². The van der Waals surface area contributed by atoms with Gasteiger partial charge in [0.05, 0.1) is 18.8 Å². The second kappa shape index (κ2) is 7.25. The summed E-state index contributed by atoms with van der Waals surface area (Å²) in [6, 6.07) is 17.7. The van der Waals surface area contributed by atoms with Crippen molar-refractivity contribution in [3.63, 3.8) is 0 Å². The Hall–Kier alpha value is -1.84. The molecule has 0 fully saturated rings. The second-order valence-electron chi connectivity index (χ2n) is 5.28. The van der Waals surface area contributed by atoms with Crippen molar-refractivity contribution in [2.24, 2.45) is 5.73 Å². The van der Waals surface area contributed by atoms with Crippen LogP contribution in [0.15, 0.2) is 54.6 Å². The minimum absolute atomic E-state index is 0.102. The van der Waals surface area contributed by atoms with Crippen LogP contribution in [0.2, 0.25) is 0 Å². The Morgan fingerprint density at radius 3 is 2.29 bits per heavy atom. The molecule has 0 aromatic heterocycles. The fourth-order valence-corrected chi connectivity index (χ4v) is 2.26. The Bertz CT molecular complexity index is 539. The highest BCUT2D eigenvalue weighted by atomic mass is 16.5. The molecular formula is C18H23NO2. The first-order valence-electron chi connectivity index (χ1n) is 7.35. The molecule has 0 aliphatic heterocycles. The molecule has 3 heteroatoms. The molecule has 112 valence electrons. The molecule has 0 radical (unpaired) electrons. The van der Waals surface area contributed by atoms with E-state index in [1.54, 1.807) is 0 Å². The van der Waals surface area contributed by atoms with Crippen molar-refractivity contribution in [2.45, 2.75) is 25.3 Å². The van der Waals surface area contributed by atoms with Crippen molar-refractivity contribution < 1.29 is 9.84 Å². The number of aliphatic hydroxyl groups is 1. The standard InChI is InChI=1S/C18H23NO2/c1-2-15-8-10-17(11-9-15)21-13-12-18(19,14-20)16-6-4-3-5-7-16/h3-11,20H,2,12-14,19H2,1H3. The van der Waals surface area contributed by atoms with E-state index in [-0.39, 0.29) is 6.61 Å². The first-order valence-corrected chi connectivity index (χ1v) is 7.35. The van der Waals surface area contributed by atoms with Crippen molar-refractivity contribution >= 4 is 0 Å². The summed E-state index contributed by atoms with van der Waals surface area (Å²) in [7, 11) is 0. The van der Waals surface area contributed by atoms with E-state index >= 15 is 0 Å². The average Bonchev–Trinajstić information content (AvgIpc) is 2.56. The molecule has 2 aromatic carbocycles. The van der Waals surface area contributed by atoms with Crippen LogP contribution >= 0.6 is 0 Å². The zero-order valence-corrected chi connectivity index (χ0v) is 12.5. The van der Waals surface area contributed by atoms with Crippen LogP contribution in [0.1, 0.15) is 24.5 Å². The van der Waals surface area contributed by atoms with Crippen molar-refractivity contribution in [1.29, 1.82) is 0 Å². The molecule has 0 amide bonds. The predicted molar refractivity (Wildman–Crippen MR) is 85.3 cm³/mol. The highest BCUT2D eigenvalue weighted by Crippen LogP contribution is 2.22. The van der Waals surface area contributed by atoms with Crippen LogP contribution < -0.4 is 10.5 Å². The third kappa shape index (κ3) is 4.06. The van der Waals surface area contributed by atoms with Gasteiger partial charge in [-0.1, -0.05) is 49.4 Å². The number of aryl methyl sites for hydroxylation is 1. The number of ether oxygens (including phenoxy) is 1. The predicted octanol–water partition coefficient (Wildman–Crippen LogP) is 2.86. The molecule has 1 unspecified atom stereocenters. The summed E-state index contributed by atoms with van der Waals surface area (Å²) < 4.78 is 5.73. The van der Waals surface area contributed by atoms with Crippen LogP contribution in [-0.4, -0.2) is 18.3 Å². The topological polar surface area (TPSA) is 55.5 Å².